The molecule has 0 unspecified atom stereocenters. The minimum Gasteiger partial charge on any atom is -0.417 e. The van der Waals surface area contributed by atoms with E-state index in [1.54, 1.807) is 0 Å². The summed E-state index contributed by atoms with van der Waals surface area (Å²) in [5.41, 5.74) is 1.64. The SMILES string of the molecule is CC(C)(C)[Si](C)(C)OCCC[C@@H](Cc1cnc(Cl)c(F)c1)C(=O)N[C@@H](CO)Cc1ccccc1. The van der Waals surface area contributed by atoms with Crippen LogP contribution in [0.5, 0.6) is 0 Å². The predicted octanol–water partition coefficient (Wildman–Crippen LogP) is 5.55. The lowest BCUT2D eigenvalue weighted by Gasteiger charge is -2.36. The van der Waals surface area contributed by atoms with Gasteiger partial charge in [0, 0.05) is 18.7 Å². The molecule has 0 bridgehead atoms. The van der Waals surface area contributed by atoms with Crippen molar-refractivity contribution >= 4 is 25.8 Å². The van der Waals surface area contributed by atoms with Crippen LogP contribution in [0.15, 0.2) is 42.6 Å². The fraction of sp³-hybridized carbons (Fsp3) is 0.538. The summed E-state index contributed by atoms with van der Waals surface area (Å²) < 4.78 is 20.2. The van der Waals surface area contributed by atoms with Gasteiger partial charge in [-0.05, 0) is 61.0 Å². The topological polar surface area (TPSA) is 71.5 Å². The van der Waals surface area contributed by atoms with Crippen LogP contribution in [0.3, 0.4) is 0 Å². The van der Waals surface area contributed by atoms with Crippen molar-refractivity contribution in [3.8, 4) is 0 Å². The minimum atomic E-state index is -1.88. The summed E-state index contributed by atoms with van der Waals surface area (Å²) in [5, 5.41) is 12.8. The van der Waals surface area contributed by atoms with Crippen molar-refractivity contribution in [2.75, 3.05) is 13.2 Å². The highest BCUT2D eigenvalue weighted by Crippen LogP contribution is 2.36. The second-order valence-electron chi connectivity index (χ2n) is 10.3. The largest absolute Gasteiger partial charge is 0.417 e. The fourth-order valence-corrected chi connectivity index (χ4v) is 4.63. The molecule has 0 saturated carbocycles. The van der Waals surface area contributed by atoms with Gasteiger partial charge in [-0.25, -0.2) is 9.37 Å². The Balaban J connectivity index is 2.06. The number of aliphatic hydroxyl groups excluding tert-OH is 1. The van der Waals surface area contributed by atoms with Crippen LogP contribution in [0, 0.1) is 11.7 Å². The number of pyridine rings is 1. The molecule has 1 aromatic heterocycles. The Kier molecular flexibility index (Phi) is 10.7. The molecule has 34 heavy (non-hydrogen) atoms. The van der Waals surface area contributed by atoms with Gasteiger partial charge in [0.2, 0.25) is 5.91 Å². The van der Waals surface area contributed by atoms with Gasteiger partial charge in [0.15, 0.2) is 19.3 Å². The monoisotopic (exact) mass is 508 g/mol. The maximum Gasteiger partial charge on any atom is 0.223 e. The zero-order chi connectivity index (χ0) is 25.4. The number of benzene rings is 1. The van der Waals surface area contributed by atoms with Crippen molar-refractivity contribution in [2.24, 2.45) is 5.92 Å². The van der Waals surface area contributed by atoms with Crippen LogP contribution in [0.4, 0.5) is 4.39 Å². The third kappa shape index (κ3) is 8.76. The number of carbonyl (C=O) groups is 1. The third-order valence-corrected chi connectivity index (χ3v) is 11.4. The highest BCUT2D eigenvalue weighted by Gasteiger charge is 2.37. The van der Waals surface area contributed by atoms with Crippen molar-refractivity contribution in [1.29, 1.82) is 0 Å². The number of rotatable bonds is 12. The van der Waals surface area contributed by atoms with E-state index in [4.69, 9.17) is 16.0 Å². The molecule has 2 rings (SSSR count). The Morgan fingerprint density at radius 2 is 1.88 bits per heavy atom. The number of carbonyl (C=O) groups excluding carboxylic acids is 1. The first-order valence-corrected chi connectivity index (χ1v) is 15.1. The number of halogens is 2. The van der Waals surface area contributed by atoms with Crippen LogP contribution in [0.2, 0.25) is 23.3 Å². The molecular weight excluding hydrogens is 471 g/mol. The number of nitrogens with zero attached hydrogens (tertiary/aromatic N) is 1. The molecule has 0 aliphatic carbocycles. The van der Waals surface area contributed by atoms with Gasteiger partial charge in [0.25, 0.3) is 0 Å². The Morgan fingerprint density at radius 3 is 2.47 bits per heavy atom. The van der Waals surface area contributed by atoms with Gasteiger partial charge in [-0.2, -0.15) is 0 Å². The molecule has 2 aromatic rings. The van der Waals surface area contributed by atoms with Crippen LogP contribution in [-0.4, -0.2) is 43.6 Å². The van der Waals surface area contributed by atoms with Gasteiger partial charge in [-0.3, -0.25) is 4.79 Å². The fourth-order valence-electron chi connectivity index (χ4n) is 3.44. The second-order valence-corrected chi connectivity index (χ2v) is 15.5. The van der Waals surface area contributed by atoms with E-state index in [0.717, 1.165) is 5.56 Å². The minimum absolute atomic E-state index is 0.113. The molecule has 1 heterocycles. The van der Waals surface area contributed by atoms with E-state index in [0.29, 0.717) is 37.9 Å². The molecule has 1 amide bonds. The lowest BCUT2D eigenvalue weighted by Crippen LogP contribution is -2.43. The van der Waals surface area contributed by atoms with Gasteiger partial charge in [0.1, 0.15) is 0 Å². The zero-order valence-electron chi connectivity index (χ0n) is 20.9. The molecular formula is C26H38ClFN2O3Si. The van der Waals surface area contributed by atoms with E-state index in [1.165, 1.54) is 12.3 Å². The van der Waals surface area contributed by atoms with Crippen molar-refractivity contribution in [2.45, 2.75) is 70.6 Å². The van der Waals surface area contributed by atoms with Crippen LogP contribution in [0.1, 0.15) is 44.7 Å². The van der Waals surface area contributed by atoms with Crippen LogP contribution in [0.25, 0.3) is 0 Å². The Bertz CT molecular complexity index is 922. The zero-order valence-corrected chi connectivity index (χ0v) is 22.7. The summed E-state index contributed by atoms with van der Waals surface area (Å²) >= 11 is 5.72. The van der Waals surface area contributed by atoms with Gasteiger partial charge >= 0.3 is 0 Å². The number of aromatic nitrogens is 1. The van der Waals surface area contributed by atoms with E-state index < -0.39 is 26.1 Å². The quantitative estimate of drug-likeness (QED) is 0.224. The smallest absolute Gasteiger partial charge is 0.223 e. The highest BCUT2D eigenvalue weighted by atomic mass is 35.5. The molecule has 0 saturated heterocycles. The maximum absolute atomic E-state index is 13.9. The standard InChI is InChI=1S/C26H38ClFN2O3Si/c1-26(2,3)34(4,5)33-13-9-12-21(14-20-16-23(28)24(27)29-17-20)25(32)30-22(18-31)15-19-10-7-6-8-11-19/h6-8,10-11,16-17,21-22,31H,9,12-15,18H2,1-5H3,(H,30,32)/t21-,22+/m0/s1. The van der Waals surface area contributed by atoms with Gasteiger partial charge in [-0.15, -0.1) is 0 Å². The molecule has 0 spiro atoms. The van der Waals surface area contributed by atoms with E-state index >= 15 is 0 Å². The summed E-state index contributed by atoms with van der Waals surface area (Å²) in [4.78, 5) is 17.1. The highest BCUT2D eigenvalue weighted by molar-refractivity contribution is 6.74. The molecule has 0 aliphatic heterocycles. The first-order valence-electron chi connectivity index (χ1n) is 11.8. The maximum atomic E-state index is 13.9. The Morgan fingerprint density at radius 1 is 1.21 bits per heavy atom. The lowest BCUT2D eigenvalue weighted by molar-refractivity contribution is -0.126. The Hall–Kier alpha value is -1.80. The average molecular weight is 509 g/mol. The second kappa shape index (κ2) is 12.8. The average Bonchev–Trinajstić information content (AvgIpc) is 2.77. The van der Waals surface area contributed by atoms with Crippen molar-refractivity contribution in [3.63, 3.8) is 0 Å². The molecule has 0 radical (unpaired) electrons. The molecule has 8 heteroatoms. The van der Waals surface area contributed by atoms with Gasteiger partial charge < -0.3 is 14.8 Å². The van der Waals surface area contributed by atoms with Crippen molar-refractivity contribution < 1.29 is 18.7 Å². The first kappa shape index (κ1) is 28.4. The molecule has 1 aromatic carbocycles. The van der Waals surface area contributed by atoms with E-state index in [-0.39, 0.29) is 22.7 Å². The van der Waals surface area contributed by atoms with Gasteiger partial charge in [-0.1, -0.05) is 62.7 Å². The molecule has 2 N–H and O–H groups in total. The number of hydrogen-bond donors (Lipinski definition) is 2. The van der Waals surface area contributed by atoms with E-state index in [9.17, 15) is 14.3 Å². The van der Waals surface area contributed by atoms with Crippen LogP contribution in [-0.2, 0) is 22.1 Å². The van der Waals surface area contributed by atoms with E-state index in [2.05, 4.69) is 44.2 Å². The summed E-state index contributed by atoms with van der Waals surface area (Å²) in [7, 11) is -1.88. The first-order chi connectivity index (χ1) is 15.9. The molecule has 0 fully saturated rings. The molecule has 0 aliphatic rings. The van der Waals surface area contributed by atoms with Crippen molar-refractivity contribution in [1.82, 2.24) is 10.3 Å². The van der Waals surface area contributed by atoms with Crippen LogP contribution >= 0.6 is 11.6 Å². The molecule has 188 valence electrons. The number of amides is 1. The van der Waals surface area contributed by atoms with Crippen molar-refractivity contribution in [3.05, 3.63) is 64.7 Å². The predicted molar refractivity (Wildman–Crippen MR) is 138 cm³/mol. The summed E-state index contributed by atoms with van der Waals surface area (Å²) in [5.74, 6) is -1.18. The Labute approximate surface area is 209 Å². The number of aliphatic hydroxyl groups is 1. The number of hydrogen-bond acceptors (Lipinski definition) is 4. The third-order valence-electron chi connectivity index (χ3n) is 6.56. The lowest BCUT2D eigenvalue weighted by atomic mass is 9.94. The number of nitrogens with one attached hydrogen (secondary N) is 1. The summed E-state index contributed by atoms with van der Waals surface area (Å²) in [6.07, 6.45) is 3.65. The normalized spacial score (nSPS) is 14.0. The molecule has 2 atom stereocenters. The van der Waals surface area contributed by atoms with Crippen LogP contribution < -0.4 is 5.32 Å². The summed E-state index contributed by atoms with van der Waals surface area (Å²) in [6, 6.07) is 10.6. The molecule has 5 nitrogen and oxygen atoms in total. The van der Waals surface area contributed by atoms with E-state index in [1.807, 2.05) is 30.3 Å². The van der Waals surface area contributed by atoms with Gasteiger partial charge in [0.05, 0.1) is 12.6 Å². The summed E-state index contributed by atoms with van der Waals surface area (Å²) in [6.45, 7) is 11.4.